The molecule has 1 amide bonds. The van der Waals surface area contributed by atoms with E-state index in [0.29, 0.717) is 6.29 Å². The van der Waals surface area contributed by atoms with Gasteiger partial charge in [-0.05, 0) is 52.3 Å². The van der Waals surface area contributed by atoms with E-state index in [0.717, 1.165) is 25.9 Å². The summed E-state index contributed by atoms with van der Waals surface area (Å²) in [5, 5.41) is 6.06. The van der Waals surface area contributed by atoms with Crippen LogP contribution < -0.4 is 10.6 Å². The highest BCUT2D eigenvalue weighted by molar-refractivity contribution is 6.31. The quantitative estimate of drug-likeness (QED) is 0.793. The molecule has 0 saturated carbocycles. The Bertz CT molecular complexity index is 555. The van der Waals surface area contributed by atoms with E-state index >= 15 is 0 Å². The van der Waals surface area contributed by atoms with Crippen LogP contribution in [0.3, 0.4) is 0 Å². The lowest BCUT2D eigenvalue weighted by molar-refractivity contribution is 0.0497. The van der Waals surface area contributed by atoms with Crippen LogP contribution in [0.2, 0.25) is 5.02 Å². The Morgan fingerprint density at radius 2 is 2.17 bits per heavy atom. The van der Waals surface area contributed by atoms with Crippen LogP contribution >= 0.6 is 11.6 Å². The molecule has 5 nitrogen and oxygen atoms in total. The second kappa shape index (κ2) is 9.59. The predicted octanol–water partition coefficient (Wildman–Crippen LogP) is 3.55. The maximum Gasteiger partial charge on any atom is 0.407 e. The van der Waals surface area contributed by atoms with Crippen molar-refractivity contribution in [2.24, 2.45) is 0 Å². The van der Waals surface area contributed by atoms with Crippen molar-refractivity contribution in [3.8, 4) is 0 Å². The van der Waals surface area contributed by atoms with Gasteiger partial charge in [0.1, 0.15) is 5.60 Å². The Labute approximate surface area is 146 Å². The van der Waals surface area contributed by atoms with Crippen LogP contribution in [0.1, 0.15) is 44.0 Å². The minimum absolute atomic E-state index is 0.00694. The fourth-order valence-electron chi connectivity index (χ4n) is 2.06. The molecule has 0 radical (unpaired) electrons. The lowest BCUT2D eigenvalue weighted by Crippen LogP contribution is -2.47. The summed E-state index contributed by atoms with van der Waals surface area (Å²) in [5.74, 6) is -0.654. The Morgan fingerprint density at radius 3 is 2.67 bits per heavy atom. The topological polar surface area (TPSA) is 67.4 Å². The largest absolute Gasteiger partial charge is 0.444 e. The molecule has 1 aliphatic rings. The summed E-state index contributed by atoms with van der Waals surface area (Å²) in [4.78, 5) is 21.4. The molecule has 2 rings (SSSR count). The number of carbonyl (C=O) groups is 2. The summed E-state index contributed by atoms with van der Waals surface area (Å²) in [7, 11) is 0. The molecule has 0 aromatic heterocycles. The average Bonchev–Trinajstić information content (AvgIpc) is 2.50. The zero-order valence-corrected chi connectivity index (χ0v) is 15.0. The molecule has 134 valence electrons. The minimum atomic E-state index is -0.654. The van der Waals surface area contributed by atoms with Gasteiger partial charge in [0, 0.05) is 12.6 Å². The number of halogens is 2. The van der Waals surface area contributed by atoms with E-state index in [2.05, 4.69) is 10.6 Å². The molecule has 1 aromatic carbocycles. The zero-order valence-electron chi connectivity index (χ0n) is 14.2. The van der Waals surface area contributed by atoms with Crippen molar-refractivity contribution < 1.29 is 18.7 Å². The second-order valence-corrected chi connectivity index (χ2v) is 6.86. The first-order valence-corrected chi connectivity index (χ1v) is 8.20. The van der Waals surface area contributed by atoms with E-state index in [1.165, 1.54) is 18.2 Å². The molecule has 0 aliphatic carbocycles. The molecule has 2 N–H and O–H groups in total. The van der Waals surface area contributed by atoms with E-state index < -0.39 is 11.4 Å². The number of aldehydes is 1. The van der Waals surface area contributed by atoms with Gasteiger partial charge in [-0.3, -0.25) is 4.79 Å². The van der Waals surface area contributed by atoms with Gasteiger partial charge >= 0.3 is 6.09 Å². The third-order valence-electron chi connectivity index (χ3n) is 3.13. The Balaban J connectivity index is 0.000000254. The molecule has 0 bridgehead atoms. The number of benzene rings is 1. The normalized spacial score (nSPS) is 17.3. The molecule has 1 heterocycles. The van der Waals surface area contributed by atoms with E-state index in [9.17, 15) is 14.0 Å². The molecule has 1 atom stereocenters. The van der Waals surface area contributed by atoms with Gasteiger partial charge < -0.3 is 15.4 Å². The second-order valence-electron chi connectivity index (χ2n) is 6.45. The van der Waals surface area contributed by atoms with Crippen molar-refractivity contribution in [2.75, 3.05) is 13.1 Å². The number of ether oxygens (including phenoxy) is 1. The van der Waals surface area contributed by atoms with Gasteiger partial charge in [-0.15, -0.1) is 0 Å². The highest BCUT2D eigenvalue weighted by Gasteiger charge is 2.20. The van der Waals surface area contributed by atoms with Crippen molar-refractivity contribution in [3.05, 3.63) is 34.6 Å². The molecule has 0 spiro atoms. The van der Waals surface area contributed by atoms with E-state index in [1.54, 1.807) is 0 Å². The Kier molecular flexibility index (Phi) is 8.15. The van der Waals surface area contributed by atoms with Crippen LogP contribution in [-0.4, -0.2) is 37.1 Å². The number of rotatable bonds is 2. The first kappa shape index (κ1) is 20.4. The van der Waals surface area contributed by atoms with Crippen molar-refractivity contribution in [2.45, 2.75) is 45.3 Å². The van der Waals surface area contributed by atoms with Gasteiger partial charge in [0.25, 0.3) is 0 Å². The molecule has 1 aliphatic heterocycles. The highest BCUT2D eigenvalue weighted by Crippen LogP contribution is 2.15. The van der Waals surface area contributed by atoms with Gasteiger partial charge in [-0.25, -0.2) is 9.18 Å². The summed E-state index contributed by atoms with van der Waals surface area (Å²) in [6.07, 6.45) is 2.26. The average molecular weight is 359 g/mol. The number of alkyl carbamates (subject to hydrolysis) is 1. The predicted molar refractivity (Wildman–Crippen MR) is 92.1 cm³/mol. The zero-order chi connectivity index (χ0) is 18.2. The molecule has 7 heteroatoms. The highest BCUT2D eigenvalue weighted by atomic mass is 35.5. The van der Waals surface area contributed by atoms with Crippen LogP contribution in [0.5, 0.6) is 0 Å². The summed E-state index contributed by atoms with van der Waals surface area (Å²) in [6.45, 7) is 7.49. The third kappa shape index (κ3) is 7.75. The lowest BCUT2D eigenvalue weighted by Gasteiger charge is -2.26. The van der Waals surface area contributed by atoms with Crippen LogP contribution in [0.4, 0.5) is 9.18 Å². The maximum atomic E-state index is 12.6. The molecular weight excluding hydrogens is 335 g/mol. The molecule has 0 unspecified atom stereocenters. The monoisotopic (exact) mass is 358 g/mol. The van der Waals surface area contributed by atoms with E-state index in [-0.39, 0.29) is 22.7 Å². The van der Waals surface area contributed by atoms with Gasteiger partial charge in [0.05, 0.1) is 10.6 Å². The van der Waals surface area contributed by atoms with Crippen LogP contribution in [-0.2, 0) is 4.74 Å². The first-order chi connectivity index (χ1) is 11.2. The van der Waals surface area contributed by atoms with Crippen molar-refractivity contribution >= 4 is 24.0 Å². The number of hydrogen-bond donors (Lipinski definition) is 2. The fourth-order valence-corrected chi connectivity index (χ4v) is 2.24. The standard InChI is InChI=1S/C10H20N2O2.C7H4ClFO/c1-10(2,3)14-9(13)12-8-5-4-6-11-7-8;8-6-3-1-2-5(4-10)7(6)9/h8,11H,4-7H2,1-3H3,(H,12,13);1-4H/t8-;/m1./s1. The van der Waals surface area contributed by atoms with Crippen molar-refractivity contribution in [1.29, 1.82) is 0 Å². The number of hydrogen-bond acceptors (Lipinski definition) is 4. The van der Waals surface area contributed by atoms with Gasteiger partial charge in [-0.1, -0.05) is 17.7 Å². The van der Waals surface area contributed by atoms with Crippen molar-refractivity contribution in [1.82, 2.24) is 10.6 Å². The molecule has 24 heavy (non-hydrogen) atoms. The number of carbonyl (C=O) groups excluding carboxylic acids is 2. The van der Waals surface area contributed by atoms with Crippen LogP contribution in [0.15, 0.2) is 18.2 Å². The first-order valence-electron chi connectivity index (χ1n) is 7.82. The minimum Gasteiger partial charge on any atom is -0.444 e. The number of amides is 1. The summed E-state index contributed by atoms with van der Waals surface area (Å²) in [5.41, 5.74) is -0.417. The summed E-state index contributed by atoms with van der Waals surface area (Å²) < 4.78 is 17.8. The number of nitrogens with one attached hydrogen (secondary N) is 2. The number of piperidine rings is 1. The summed E-state index contributed by atoms with van der Waals surface area (Å²) in [6, 6.07) is 4.51. The summed E-state index contributed by atoms with van der Waals surface area (Å²) >= 11 is 5.36. The Hall–Kier alpha value is -1.66. The molecule has 1 aromatic rings. The van der Waals surface area contributed by atoms with Crippen molar-refractivity contribution in [3.63, 3.8) is 0 Å². The Morgan fingerprint density at radius 1 is 1.46 bits per heavy atom. The van der Waals surface area contributed by atoms with Gasteiger partial charge in [0.15, 0.2) is 12.1 Å². The van der Waals surface area contributed by atoms with Crippen LogP contribution in [0.25, 0.3) is 0 Å². The fraction of sp³-hybridized carbons (Fsp3) is 0.529. The smallest absolute Gasteiger partial charge is 0.407 e. The SMILES string of the molecule is CC(C)(C)OC(=O)N[C@@H]1CCCNC1.O=Cc1cccc(Cl)c1F. The van der Waals surface area contributed by atoms with E-state index in [4.69, 9.17) is 16.3 Å². The molecule has 1 fully saturated rings. The maximum absolute atomic E-state index is 12.6. The van der Waals surface area contributed by atoms with Gasteiger partial charge in [0.2, 0.25) is 0 Å². The molecular formula is C17H24ClFN2O3. The van der Waals surface area contributed by atoms with Gasteiger partial charge in [-0.2, -0.15) is 0 Å². The molecule has 1 saturated heterocycles. The van der Waals surface area contributed by atoms with E-state index in [1.807, 2.05) is 20.8 Å². The van der Waals surface area contributed by atoms with Crippen LogP contribution in [0, 0.1) is 5.82 Å². The third-order valence-corrected chi connectivity index (χ3v) is 3.42. The lowest BCUT2D eigenvalue weighted by atomic mass is 10.1.